The molecule has 1 aromatic heterocycles. The molecule has 0 bridgehead atoms. The van der Waals surface area contributed by atoms with Crippen LogP contribution < -0.4 is 19.8 Å². The maximum absolute atomic E-state index is 13.8. The predicted octanol–water partition coefficient (Wildman–Crippen LogP) is 4.68. The highest BCUT2D eigenvalue weighted by molar-refractivity contribution is 7.99. The average Bonchev–Trinajstić information content (AvgIpc) is 2.84. The van der Waals surface area contributed by atoms with Gasteiger partial charge in [0, 0.05) is 18.1 Å². The fourth-order valence-electron chi connectivity index (χ4n) is 3.53. The molecule has 34 heavy (non-hydrogen) atoms. The largest absolute Gasteiger partial charge is 0.493 e. The third-order valence-electron chi connectivity index (χ3n) is 5.23. The minimum Gasteiger partial charge on any atom is -0.493 e. The summed E-state index contributed by atoms with van der Waals surface area (Å²) in [6, 6.07) is 6.34. The van der Waals surface area contributed by atoms with Crippen LogP contribution in [0.4, 0.5) is 0 Å². The van der Waals surface area contributed by atoms with Crippen molar-refractivity contribution in [2.24, 2.45) is 0 Å². The number of amides is 1. The average molecular weight is 526 g/mol. The number of carbonyl (C=O) groups is 1. The monoisotopic (exact) mass is 525 g/mol. The molecule has 0 aliphatic heterocycles. The molecule has 0 unspecified atom stereocenters. The predicted molar refractivity (Wildman–Crippen MR) is 136 cm³/mol. The Balaban J connectivity index is 2.33. The summed E-state index contributed by atoms with van der Waals surface area (Å²) in [5.41, 5.74) is 0.198. The summed E-state index contributed by atoms with van der Waals surface area (Å²) in [5, 5.41) is 1.18. The van der Waals surface area contributed by atoms with Crippen LogP contribution >= 0.6 is 35.0 Å². The van der Waals surface area contributed by atoms with E-state index in [0.717, 1.165) is 11.8 Å². The first kappa shape index (κ1) is 26.0. The van der Waals surface area contributed by atoms with Gasteiger partial charge in [0.05, 0.1) is 43.2 Å². The number of nitrogens with zero attached hydrogens (tertiary/aromatic N) is 3. The lowest BCUT2D eigenvalue weighted by molar-refractivity contribution is -0.127. The van der Waals surface area contributed by atoms with Crippen molar-refractivity contribution in [3.05, 3.63) is 44.7 Å². The van der Waals surface area contributed by atoms with Crippen molar-refractivity contribution in [2.75, 3.05) is 40.2 Å². The summed E-state index contributed by atoms with van der Waals surface area (Å²) in [4.78, 5) is 32.9. The summed E-state index contributed by atoms with van der Waals surface area (Å²) in [5.74, 6) is 0.861. The van der Waals surface area contributed by atoms with E-state index in [1.54, 1.807) is 23.1 Å². The maximum Gasteiger partial charge on any atom is 0.266 e. The number of thioether (sulfide) groups is 1. The lowest BCUT2D eigenvalue weighted by Crippen LogP contribution is -2.32. The number of methoxy groups -OCH3 is 3. The van der Waals surface area contributed by atoms with E-state index in [0.29, 0.717) is 40.3 Å². The van der Waals surface area contributed by atoms with Crippen molar-refractivity contribution in [3.8, 4) is 22.9 Å². The molecule has 0 aliphatic carbocycles. The molecule has 1 heterocycles. The van der Waals surface area contributed by atoms with E-state index in [-0.39, 0.29) is 33.5 Å². The zero-order valence-corrected chi connectivity index (χ0v) is 21.8. The lowest BCUT2D eigenvalue weighted by Gasteiger charge is -2.20. The molecule has 0 atom stereocenters. The first-order chi connectivity index (χ1) is 16.3. The van der Waals surface area contributed by atoms with Gasteiger partial charge in [-0.3, -0.25) is 14.2 Å². The van der Waals surface area contributed by atoms with Crippen LogP contribution in [0.25, 0.3) is 16.6 Å². The van der Waals surface area contributed by atoms with Gasteiger partial charge in [-0.25, -0.2) is 4.98 Å². The van der Waals surface area contributed by atoms with Gasteiger partial charge in [-0.2, -0.15) is 0 Å². The summed E-state index contributed by atoms with van der Waals surface area (Å²) in [7, 11) is 4.39. The summed E-state index contributed by atoms with van der Waals surface area (Å²) < 4.78 is 17.7. The van der Waals surface area contributed by atoms with Gasteiger partial charge in [0.1, 0.15) is 5.52 Å². The number of rotatable bonds is 9. The highest BCUT2D eigenvalue weighted by atomic mass is 35.5. The van der Waals surface area contributed by atoms with Gasteiger partial charge >= 0.3 is 0 Å². The molecule has 0 radical (unpaired) electrons. The first-order valence-electron chi connectivity index (χ1n) is 10.4. The fourth-order valence-corrected chi connectivity index (χ4v) is 4.80. The van der Waals surface area contributed by atoms with Gasteiger partial charge in [0.2, 0.25) is 11.7 Å². The van der Waals surface area contributed by atoms with Crippen molar-refractivity contribution < 1.29 is 19.0 Å². The van der Waals surface area contributed by atoms with Crippen molar-refractivity contribution in [2.45, 2.75) is 19.0 Å². The molecule has 0 fully saturated rings. The molecule has 0 N–H and O–H groups in total. The topological polar surface area (TPSA) is 82.9 Å². The second kappa shape index (κ2) is 11.2. The fraction of sp³-hybridized carbons (Fsp3) is 0.348. The van der Waals surface area contributed by atoms with Crippen LogP contribution in [0.15, 0.2) is 34.2 Å². The lowest BCUT2D eigenvalue weighted by atomic mass is 10.2. The number of carbonyl (C=O) groups excluding carboxylic acids is 1. The number of aromatic nitrogens is 2. The van der Waals surface area contributed by atoms with Crippen molar-refractivity contribution >= 4 is 51.8 Å². The summed E-state index contributed by atoms with van der Waals surface area (Å²) in [6.45, 7) is 4.98. The van der Waals surface area contributed by atoms with E-state index in [1.807, 2.05) is 13.8 Å². The normalized spacial score (nSPS) is 10.9. The molecule has 0 saturated carbocycles. The second-order valence-electron chi connectivity index (χ2n) is 7.03. The van der Waals surface area contributed by atoms with E-state index in [4.69, 9.17) is 42.4 Å². The van der Waals surface area contributed by atoms with Crippen LogP contribution in [0, 0.1) is 0 Å². The molecule has 0 spiro atoms. The van der Waals surface area contributed by atoms with Crippen LogP contribution in [-0.2, 0) is 4.79 Å². The number of halogens is 2. The molecule has 3 aromatic rings. The van der Waals surface area contributed by atoms with Gasteiger partial charge in [0.15, 0.2) is 16.7 Å². The minimum atomic E-state index is -0.425. The molecule has 1 amide bonds. The van der Waals surface area contributed by atoms with Crippen molar-refractivity contribution in [3.63, 3.8) is 0 Å². The molecular weight excluding hydrogens is 501 g/mol. The van der Waals surface area contributed by atoms with Crippen LogP contribution in [0.3, 0.4) is 0 Å². The molecule has 8 nitrogen and oxygen atoms in total. The third-order valence-corrected chi connectivity index (χ3v) is 6.70. The van der Waals surface area contributed by atoms with Crippen LogP contribution in [-0.4, -0.2) is 60.5 Å². The maximum atomic E-state index is 13.8. The number of hydrogen-bond donors (Lipinski definition) is 0. The number of hydrogen-bond acceptors (Lipinski definition) is 7. The van der Waals surface area contributed by atoms with Crippen molar-refractivity contribution in [1.82, 2.24) is 14.5 Å². The smallest absolute Gasteiger partial charge is 0.266 e. The molecular formula is C23H25Cl2N3O5S. The Morgan fingerprint density at radius 3 is 2.32 bits per heavy atom. The standard InChI is InChI=1S/C23H25Cl2N3O5S/c1-6-27(7-2)18(29)12-34-23-26-19-14(11-17(31-3)20(32-4)21(19)33-5)22(30)28(23)16-10-13(24)8-9-15(16)25/h8-11H,6-7,12H2,1-5H3. The molecule has 182 valence electrons. The SMILES string of the molecule is CCN(CC)C(=O)CSc1nc2c(OC)c(OC)c(OC)cc2c(=O)n1-c1cc(Cl)ccc1Cl. The summed E-state index contributed by atoms with van der Waals surface area (Å²) in [6.07, 6.45) is 0. The Bertz CT molecular complexity index is 1280. The summed E-state index contributed by atoms with van der Waals surface area (Å²) >= 11 is 13.8. The van der Waals surface area contributed by atoms with E-state index in [1.165, 1.54) is 32.0 Å². The van der Waals surface area contributed by atoms with Gasteiger partial charge < -0.3 is 19.1 Å². The Morgan fingerprint density at radius 1 is 1.06 bits per heavy atom. The second-order valence-corrected chi connectivity index (χ2v) is 8.81. The quantitative estimate of drug-likeness (QED) is 0.296. The van der Waals surface area contributed by atoms with E-state index in [2.05, 4.69) is 0 Å². The zero-order chi connectivity index (χ0) is 25.0. The van der Waals surface area contributed by atoms with Gasteiger partial charge in [0.25, 0.3) is 5.56 Å². The highest BCUT2D eigenvalue weighted by Crippen LogP contribution is 2.42. The van der Waals surface area contributed by atoms with Crippen LogP contribution in [0.1, 0.15) is 13.8 Å². The molecule has 0 saturated heterocycles. The third kappa shape index (κ3) is 4.92. The molecule has 3 rings (SSSR count). The Labute approximate surface area is 211 Å². The molecule has 0 aliphatic rings. The van der Waals surface area contributed by atoms with E-state index >= 15 is 0 Å². The van der Waals surface area contributed by atoms with Crippen molar-refractivity contribution in [1.29, 1.82) is 0 Å². The number of fused-ring (bicyclic) bond motifs is 1. The first-order valence-corrected chi connectivity index (χ1v) is 12.2. The van der Waals surface area contributed by atoms with E-state index < -0.39 is 5.56 Å². The number of benzene rings is 2. The zero-order valence-electron chi connectivity index (χ0n) is 19.5. The Morgan fingerprint density at radius 2 is 1.74 bits per heavy atom. The van der Waals surface area contributed by atoms with Gasteiger partial charge in [-0.05, 0) is 38.1 Å². The van der Waals surface area contributed by atoms with Gasteiger partial charge in [-0.1, -0.05) is 35.0 Å². The van der Waals surface area contributed by atoms with Crippen LogP contribution in [0.2, 0.25) is 10.0 Å². The Kier molecular flexibility index (Phi) is 8.57. The molecule has 2 aromatic carbocycles. The highest BCUT2D eigenvalue weighted by Gasteiger charge is 2.24. The van der Waals surface area contributed by atoms with Crippen LogP contribution in [0.5, 0.6) is 17.2 Å². The number of ether oxygens (including phenoxy) is 3. The van der Waals surface area contributed by atoms with E-state index in [9.17, 15) is 9.59 Å². The Hall–Kier alpha value is -2.62. The molecule has 11 heteroatoms. The minimum absolute atomic E-state index is 0.0765. The van der Waals surface area contributed by atoms with Gasteiger partial charge in [-0.15, -0.1) is 0 Å².